The molecule has 0 saturated carbocycles. The third-order valence-electron chi connectivity index (χ3n) is 2.50. The molecule has 1 aromatic carbocycles. The number of benzene rings is 1. The molecule has 0 spiro atoms. The number of aliphatic hydroxyl groups excluding tert-OH is 1. The van der Waals surface area contributed by atoms with Gasteiger partial charge in [-0.3, -0.25) is 4.79 Å². The van der Waals surface area contributed by atoms with E-state index in [4.69, 9.17) is 5.73 Å². The predicted octanol–water partition coefficient (Wildman–Crippen LogP) is 1.02. The first-order chi connectivity index (χ1) is 8.09. The van der Waals surface area contributed by atoms with Crippen LogP contribution >= 0.6 is 0 Å². The Labute approximate surface area is 98.5 Å². The molecule has 1 heterocycles. The van der Waals surface area contributed by atoms with E-state index in [2.05, 4.69) is 5.10 Å². The van der Waals surface area contributed by atoms with Gasteiger partial charge in [0.2, 0.25) is 0 Å². The fourth-order valence-electron chi connectivity index (χ4n) is 1.63. The van der Waals surface area contributed by atoms with Crippen LogP contribution in [0.15, 0.2) is 36.7 Å². The van der Waals surface area contributed by atoms with E-state index in [0.717, 1.165) is 11.3 Å². The lowest BCUT2D eigenvalue weighted by Gasteiger charge is -2.11. The summed E-state index contributed by atoms with van der Waals surface area (Å²) in [5.41, 5.74) is 6.97. The van der Waals surface area contributed by atoms with Crippen molar-refractivity contribution in [1.82, 2.24) is 9.78 Å². The van der Waals surface area contributed by atoms with Crippen LogP contribution < -0.4 is 5.73 Å². The van der Waals surface area contributed by atoms with Crippen LogP contribution in [0, 0.1) is 0 Å². The van der Waals surface area contributed by atoms with Crippen LogP contribution in [0.3, 0.4) is 0 Å². The quantitative estimate of drug-likeness (QED) is 0.827. The Morgan fingerprint density at radius 3 is 2.76 bits per heavy atom. The van der Waals surface area contributed by atoms with E-state index in [1.165, 1.54) is 10.9 Å². The molecule has 0 aliphatic heterocycles. The molecule has 0 saturated heterocycles. The molecule has 17 heavy (non-hydrogen) atoms. The van der Waals surface area contributed by atoms with E-state index >= 15 is 0 Å². The van der Waals surface area contributed by atoms with Crippen LogP contribution in [0.5, 0.6) is 0 Å². The molecule has 0 unspecified atom stereocenters. The van der Waals surface area contributed by atoms with Gasteiger partial charge in [0.05, 0.1) is 23.6 Å². The number of aliphatic hydroxyl groups is 1. The highest BCUT2D eigenvalue weighted by Gasteiger charge is 2.11. The average Bonchev–Trinajstić information content (AvgIpc) is 2.78. The van der Waals surface area contributed by atoms with Crippen LogP contribution in [0.2, 0.25) is 0 Å². The van der Waals surface area contributed by atoms with Crippen LogP contribution in [0.25, 0.3) is 5.69 Å². The fraction of sp³-hybridized carbons (Fsp3) is 0.167. The Balaban J connectivity index is 2.48. The SMILES string of the molecule is C[C@H](O)c1ccccc1-n1cc(C(N)=O)cn1. The Bertz CT molecular complexity index is 546. The topological polar surface area (TPSA) is 81.1 Å². The van der Waals surface area contributed by atoms with E-state index < -0.39 is 12.0 Å². The van der Waals surface area contributed by atoms with E-state index in [1.54, 1.807) is 13.1 Å². The molecule has 2 rings (SSSR count). The predicted molar refractivity (Wildman–Crippen MR) is 62.7 cm³/mol. The Kier molecular flexibility index (Phi) is 2.93. The van der Waals surface area contributed by atoms with Gasteiger partial charge in [-0.15, -0.1) is 0 Å². The number of hydrogen-bond donors (Lipinski definition) is 2. The lowest BCUT2D eigenvalue weighted by molar-refractivity contribution is 0.100. The zero-order valence-electron chi connectivity index (χ0n) is 9.37. The molecule has 1 amide bonds. The zero-order valence-corrected chi connectivity index (χ0v) is 9.37. The zero-order chi connectivity index (χ0) is 12.4. The molecule has 1 aromatic heterocycles. The normalized spacial score (nSPS) is 12.4. The van der Waals surface area contributed by atoms with Gasteiger partial charge in [0.1, 0.15) is 0 Å². The van der Waals surface area contributed by atoms with E-state index in [9.17, 15) is 9.90 Å². The molecular weight excluding hydrogens is 218 g/mol. The maximum Gasteiger partial charge on any atom is 0.251 e. The number of carbonyl (C=O) groups is 1. The van der Waals surface area contributed by atoms with Crippen LogP contribution in [0.1, 0.15) is 28.9 Å². The van der Waals surface area contributed by atoms with Gasteiger partial charge >= 0.3 is 0 Å². The van der Waals surface area contributed by atoms with Crippen LogP contribution in [-0.4, -0.2) is 20.8 Å². The summed E-state index contributed by atoms with van der Waals surface area (Å²) in [6.07, 6.45) is 2.34. The standard InChI is InChI=1S/C12H13N3O2/c1-8(16)10-4-2-3-5-11(10)15-7-9(6-14-15)12(13)17/h2-8,16H,1H3,(H2,13,17)/t8-/m0/s1. The summed E-state index contributed by atoms with van der Waals surface area (Å²) < 4.78 is 1.53. The van der Waals surface area contributed by atoms with Crippen LogP contribution in [-0.2, 0) is 0 Å². The molecule has 2 aromatic rings. The van der Waals surface area contributed by atoms with Crippen molar-refractivity contribution in [2.75, 3.05) is 0 Å². The summed E-state index contributed by atoms with van der Waals surface area (Å²) >= 11 is 0. The van der Waals surface area contributed by atoms with Crippen molar-refractivity contribution in [3.05, 3.63) is 47.8 Å². The van der Waals surface area contributed by atoms with Gasteiger partial charge < -0.3 is 10.8 Å². The largest absolute Gasteiger partial charge is 0.389 e. The van der Waals surface area contributed by atoms with Crippen molar-refractivity contribution in [2.24, 2.45) is 5.73 Å². The summed E-state index contributed by atoms with van der Waals surface area (Å²) in [5.74, 6) is -0.522. The number of hydrogen-bond acceptors (Lipinski definition) is 3. The monoisotopic (exact) mass is 231 g/mol. The van der Waals surface area contributed by atoms with Crippen molar-refractivity contribution in [3.8, 4) is 5.69 Å². The van der Waals surface area contributed by atoms with Crippen molar-refractivity contribution < 1.29 is 9.90 Å². The second kappa shape index (κ2) is 4.39. The number of amides is 1. The third kappa shape index (κ3) is 2.19. The number of nitrogens with zero attached hydrogens (tertiary/aromatic N) is 2. The molecule has 5 heteroatoms. The fourth-order valence-corrected chi connectivity index (χ4v) is 1.63. The van der Waals surface area contributed by atoms with Gasteiger partial charge in [0.15, 0.2) is 0 Å². The Morgan fingerprint density at radius 1 is 1.47 bits per heavy atom. The molecule has 0 aliphatic rings. The number of rotatable bonds is 3. The minimum Gasteiger partial charge on any atom is -0.389 e. The summed E-state index contributed by atoms with van der Waals surface area (Å²) in [4.78, 5) is 11.0. The maximum absolute atomic E-state index is 11.0. The van der Waals surface area contributed by atoms with Crippen LogP contribution in [0.4, 0.5) is 0 Å². The third-order valence-corrected chi connectivity index (χ3v) is 2.50. The second-order valence-electron chi connectivity index (χ2n) is 3.77. The van der Waals surface area contributed by atoms with Gasteiger partial charge in [-0.05, 0) is 13.0 Å². The van der Waals surface area contributed by atoms with Crippen molar-refractivity contribution in [1.29, 1.82) is 0 Å². The molecule has 1 atom stereocenters. The smallest absolute Gasteiger partial charge is 0.251 e. The minimum absolute atomic E-state index is 0.338. The Hall–Kier alpha value is -2.14. The molecule has 3 N–H and O–H groups in total. The lowest BCUT2D eigenvalue weighted by Crippen LogP contribution is -2.09. The number of para-hydroxylation sites is 1. The highest BCUT2D eigenvalue weighted by atomic mass is 16.3. The number of primary amides is 1. The molecule has 0 bridgehead atoms. The highest BCUT2D eigenvalue weighted by molar-refractivity contribution is 5.92. The molecule has 0 radical (unpaired) electrons. The van der Waals surface area contributed by atoms with Crippen molar-refractivity contribution in [2.45, 2.75) is 13.0 Å². The second-order valence-corrected chi connectivity index (χ2v) is 3.77. The first kappa shape index (κ1) is 11.3. The Morgan fingerprint density at radius 2 is 2.18 bits per heavy atom. The summed E-state index contributed by atoms with van der Waals surface area (Å²) in [7, 11) is 0. The molecule has 0 aliphatic carbocycles. The molecule has 5 nitrogen and oxygen atoms in total. The van der Waals surface area contributed by atoms with Crippen molar-refractivity contribution in [3.63, 3.8) is 0 Å². The molecule has 0 fully saturated rings. The molecular formula is C12H13N3O2. The van der Waals surface area contributed by atoms with Crippen molar-refractivity contribution >= 4 is 5.91 Å². The van der Waals surface area contributed by atoms with E-state index in [-0.39, 0.29) is 0 Å². The van der Waals surface area contributed by atoms with Gasteiger partial charge in [-0.2, -0.15) is 5.10 Å². The molecule has 88 valence electrons. The number of nitrogens with two attached hydrogens (primary N) is 1. The van der Waals surface area contributed by atoms with Gasteiger partial charge in [0.25, 0.3) is 5.91 Å². The number of carbonyl (C=O) groups excluding carboxylic acids is 1. The van der Waals surface area contributed by atoms with E-state index in [1.807, 2.05) is 24.3 Å². The summed E-state index contributed by atoms with van der Waals surface area (Å²) in [6, 6.07) is 7.31. The van der Waals surface area contributed by atoms with Gasteiger partial charge in [0, 0.05) is 11.8 Å². The lowest BCUT2D eigenvalue weighted by atomic mass is 10.1. The van der Waals surface area contributed by atoms with Gasteiger partial charge in [-0.25, -0.2) is 4.68 Å². The highest BCUT2D eigenvalue weighted by Crippen LogP contribution is 2.20. The average molecular weight is 231 g/mol. The minimum atomic E-state index is -0.604. The summed E-state index contributed by atoms with van der Waals surface area (Å²) in [5, 5.41) is 13.7. The first-order valence-electron chi connectivity index (χ1n) is 5.21. The van der Waals surface area contributed by atoms with Gasteiger partial charge in [-0.1, -0.05) is 18.2 Å². The maximum atomic E-state index is 11.0. The first-order valence-corrected chi connectivity index (χ1v) is 5.21. The number of aromatic nitrogens is 2. The van der Waals surface area contributed by atoms with E-state index in [0.29, 0.717) is 5.56 Å². The summed E-state index contributed by atoms with van der Waals surface area (Å²) in [6.45, 7) is 1.68.